The molecule has 0 fully saturated rings. The molecule has 0 aliphatic carbocycles. The van der Waals surface area contributed by atoms with Gasteiger partial charge < -0.3 is 19.7 Å². The van der Waals surface area contributed by atoms with Crippen LogP contribution < -0.4 is 9.47 Å². The van der Waals surface area contributed by atoms with Gasteiger partial charge in [-0.3, -0.25) is 4.79 Å². The quantitative estimate of drug-likeness (QED) is 0.722. The highest BCUT2D eigenvalue weighted by atomic mass is 16.5. The van der Waals surface area contributed by atoms with Gasteiger partial charge in [-0.25, -0.2) is 0 Å². The summed E-state index contributed by atoms with van der Waals surface area (Å²) in [4.78, 5) is 10.3. The molecule has 0 saturated carbocycles. The van der Waals surface area contributed by atoms with Crippen molar-refractivity contribution in [3.8, 4) is 11.5 Å². The van der Waals surface area contributed by atoms with E-state index in [1.807, 2.05) is 0 Å². The summed E-state index contributed by atoms with van der Waals surface area (Å²) < 4.78 is 10.5. The first kappa shape index (κ1) is 12.3. The zero-order valence-electron chi connectivity index (χ0n) is 8.76. The molecule has 88 valence electrons. The molecular formula is C11H14O5. The minimum atomic E-state index is -0.909. The number of ether oxygens (including phenoxy) is 2. The number of carbonyl (C=O) groups is 1. The second kappa shape index (κ2) is 6.68. The van der Waals surface area contributed by atoms with Crippen molar-refractivity contribution in [2.24, 2.45) is 0 Å². The molecular weight excluding hydrogens is 212 g/mol. The number of carboxylic acids is 1. The van der Waals surface area contributed by atoms with Crippen LogP contribution in [0.5, 0.6) is 11.5 Å². The van der Waals surface area contributed by atoms with Crippen LogP contribution in [0, 0.1) is 0 Å². The highest BCUT2D eigenvalue weighted by molar-refractivity contribution is 5.66. The van der Waals surface area contributed by atoms with Gasteiger partial charge in [-0.05, 0) is 12.1 Å². The van der Waals surface area contributed by atoms with Crippen LogP contribution in [0.1, 0.15) is 6.42 Å². The first-order valence-electron chi connectivity index (χ1n) is 4.91. The monoisotopic (exact) mass is 226 g/mol. The first-order valence-corrected chi connectivity index (χ1v) is 4.91. The summed E-state index contributed by atoms with van der Waals surface area (Å²) in [6.45, 7) is 0.192. The van der Waals surface area contributed by atoms with Crippen molar-refractivity contribution in [2.45, 2.75) is 6.42 Å². The van der Waals surface area contributed by atoms with Crippen molar-refractivity contribution < 1.29 is 24.5 Å². The molecule has 0 aliphatic rings. The topological polar surface area (TPSA) is 76.0 Å². The van der Waals surface area contributed by atoms with Gasteiger partial charge in [-0.15, -0.1) is 0 Å². The van der Waals surface area contributed by atoms with Crippen LogP contribution in [-0.2, 0) is 4.79 Å². The number of aliphatic hydroxyl groups excluding tert-OH is 1. The van der Waals surface area contributed by atoms with Crippen molar-refractivity contribution in [3.63, 3.8) is 0 Å². The third-order valence-corrected chi connectivity index (χ3v) is 1.77. The third kappa shape index (κ3) is 4.18. The van der Waals surface area contributed by atoms with E-state index in [4.69, 9.17) is 19.7 Å². The van der Waals surface area contributed by atoms with E-state index in [1.165, 1.54) is 0 Å². The SMILES string of the molecule is O=C(O)CCOc1ccccc1OCCO. The van der Waals surface area contributed by atoms with Crippen LogP contribution in [-0.4, -0.2) is 36.0 Å². The molecule has 0 saturated heterocycles. The summed E-state index contributed by atoms with van der Waals surface area (Å²) >= 11 is 0. The molecule has 0 amide bonds. The van der Waals surface area contributed by atoms with Crippen molar-refractivity contribution in [1.29, 1.82) is 0 Å². The van der Waals surface area contributed by atoms with Crippen molar-refractivity contribution in [2.75, 3.05) is 19.8 Å². The number of hydrogen-bond acceptors (Lipinski definition) is 4. The Hall–Kier alpha value is -1.75. The maximum atomic E-state index is 10.3. The lowest BCUT2D eigenvalue weighted by Gasteiger charge is -2.10. The Bertz CT molecular complexity index is 337. The lowest BCUT2D eigenvalue weighted by atomic mass is 10.3. The Kier molecular flexibility index (Phi) is 5.15. The fourth-order valence-corrected chi connectivity index (χ4v) is 1.09. The molecule has 0 aromatic heterocycles. The zero-order chi connectivity index (χ0) is 11.8. The number of carboxylic acid groups (broad SMARTS) is 1. The van der Waals surface area contributed by atoms with E-state index in [0.29, 0.717) is 11.5 Å². The number of hydrogen-bond donors (Lipinski definition) is 2. The van der Waals surface area contributed by atoms with Gasteiger partial charge in [0.15, 0.2) is 11.5 Å². The van der Waals surface area contributed by atoms with Gasteiger partial charge in [-0.2, -0.15) is 0 Å². The molecule has 0 spiro atoms. The fraction of sp³-hybridized carbons (Fsp3) is 0.364. The van der Waals surface area contributed by atoms with Crippen LogP contribution in [0.3, 0.4) is 0 Å². The maximum Gasteiger partial charge on any atom is 0.306 e. The largest absolute Gasteiger partial charge is 0.489 e. The first-order chi connectivity index (χ1) is 7.74. The summed E-state index contributed by atoms with van der Waals surface area (Å²) in [6.07, 6.45) is -0.0612. The molecule has 1 rings (SSSR count). The standard InChI is InChI=1S/C11H14O5/c12-6-8-16-10-4-2-1-3-9(10)15-7-5-11(13)14/h1-4,12H,5-8H2,(H,13,14). The summed E-state index contributed by atoms with van der Waals surface area (Å²) in [5.41, 5.74) is 0. The minimum Gasteiger partial charge on any atom is -0.489 e. The van der Waals surface area contributed by atoms with Gasteiger partial charge in [-0.1, -0.05) is 12.1 Å². The molecule has 0 atom stereocenters. The Balaban J connectivity index is 2.52. The van der Waals surface area contributed by atoms with Crippen LogP contribution in [0.15, 0.2) is 24.3 Å². The van der Waals surface area contributed by atoms with Gasteiger partial charge in [0.2, 0.25) is 0 Å². The average molecular weight is 226 g/mol. The number of aliphatic carboxylic acids is 1. The lowest BCUT2D eigenvalue weighted by molar-refractivity contribution is -0.137. The van der Waals surface area contributed by atoms with Gasteiger partial charge in [0.05, 0.1) is 19.6 Å². The van der Waals surface area contributed by atoms with Crippen molar-refractivity contribution in [1.82, 2.24) is 0 Å². The predicted molar refractivity (Wildman–Crippen MR) is 56.8 cm³/mol. The van der Waals surface area contributed by atoms with E-state index in [2.05, 4.69) is 0 Å². The second-order valence-electron chi connectivity index (χ2n) is 3.01. The molecule has 0 bridgehead atoms. The summed E-state index contributed by atoms with van der Waals surface area (Å²) in [6, 6.07) is 6.93. The average Bonchev–Trinajstić information content (AvgIpc) is 2.27. The van der Waals surface area contributed by atoms with Gasteiger partial charge in [0.1, 0.15) is 6.61 Å². The van der Waals surface area contributed by atoms with E-state index in [0.717, 1.165) is 0 Å². The molecule has 1 aromatic carbocycles. The van der Waals surface area contributed by atoms with E-state index >= 15 is 0 Å². The predicted octanol–water partition coefficient (Wildman–Crippen LogP) is 0.911. The molecule has 5 nitrogen and oxygen atoms in total. The van der Waals surface area contributed by atoms with Crippen molar-refractivity contribution >= 4 is 5.97 Å². The van der Waals surface area contributed by atoms with E-state index in [1.54, 1.807) is 24.3 Å². The van der Waals surface area contributed by atoms with Crippen LogP contribution >= 0.6 is 0 Å². The van der Waals surface area contributed by atoms with Crippen LogP contribution in [0.25, 0.3) is 0 Å². The Morgan fingerprint density at radius 1 is 1.12 bits per heavy atom. The number of aliphatic hydroxyl groups is 1. The normalized spacial score (nSPS) is 9.81. The number of para-hydroxylation sites is 2. The highest BCUT2D eigenvalue weighted by Gasteiger charge is 2.04. The Morgan fingerprint density at radius 2 is 1.69 bits per heavy atom. The maximum absolute atomic E-state index is 10.3. The summed E-state index contributed by atoms with van der Waals surface area (Å²) in [7, 11) is 0. The molecule has 0 heterocycles. The fourth-order valence-electron chi connectivity index (χ4n) is 1.09. The second-order valence-corrected chi connectivity index (χ2v) is 3.01. The van der Waals surface area contributed by atoms with Gasteiger partial charge >= 0.3 is 5.97 Å². The Labute approximate surface area is 93.2 Å². The molecule has 16 heavy (non-hydrogen) atoms. The molecule has 5 heteroatoms. The van der Waals surface area contributed by atoms with Gasteiger partial charge in [0, 0.05) is 0 Å². The molecule has 1 aromatic rings. The number of rotatable bonds is 7. The number of benzene rings is 1. The minimum absolute atomic E-state index is 0.0612. The van der Waals surface area contributed by atoms with Crippen LogP contribution in [0.2, 0.25) is 0 Å². The molecule has 0 unspecified atom stereocenters. The molecule has 0 radical (unpaired) electrons. The van der Waals surface area contributed by atoms with Crippen molar-refractivity contribution in [3.05, 3.63) is 24.3 Å². The summed E-state index contributed by atoms with van der Waals surface area (Å²) in [5, 5.41) is 17.1. The smallest absolute Gasteiger partial charge is 0.306 e. The molecule has 2 N–H and O–H groups in total. The third-order valence-electron chi connectivity index (χ3n) is 1.77. The lowest BCUT2D eigenvalue weighted by Crippen LogP contribution is -2.07. The highest BCUT2D eigenvalue weighted by Crippen LogP contribution is 2.26. The zero-order valence-corrected chi connectivity index (χ0v) is 8.76. The van der Waals surface area contributed by atoms with E-state index < -0.39 is 5.97 Å². The van der Waals surface area contributed by atoms with Gasteiger partial charge in [0.25, 0.3) is 0 Å². The molecule has 0 aliphatic heterocycles. The summed E-state index contributed by atoms with van der Waals surface area (Å²) in [5.74, 6) is 0.0768. The van der Waals surface area contributed by atoms with E-state index in [-0.39, 0.29) is 26.2 Å². The van der Waals surface area contributed by atoms with Crippen LogP contribution in [0.4, 0.5) is 0 Å². The Morgan fingerprint density at radius 3 is 2.19 bits per heavy atom. The van der Waals surface area contributed by atoms with E-state index in [9.17, 15) is 4.79 Å².